The Hall–Kier alpha value is 0.653. The van der Waals surface area contributed by atoms with Gasteiger partial charge in [-0.05, 0) is 5.54 Å². The molecule has 0 aromatic carbocycles. The Morgan fingerprint density at radius 3 is 1.75 bits per heavy atom. The van der Waals surface area contributed by atoms with Crippen molar-refractivity contribution in [3.63, 3.8) is 0 Å². The fourth-order valence-electron chi connectivity index (χ4n) is 0. The van der Waals surface area contributed by atoms with Crippen molar-refractivity contribution in [3.05, 3.63) is 12.1 Å². The van der Waals surface area contributed by atoms with Crippen molar-refractivity contribution in [2.24, 2.45) is 0 Å². The Kier molecular flexibility index (Phi) is 20.8. The van der Waals surface area contributed by atoms with E-state index in [1.54, 1.807) is 0 Å². The monoisotopic (exact) mass is 126 g/mol. The van der Waals surface area contributed by atoms with Crippen LogP contribution in [0.4, 0.5) is 0 Å². The van der Waals surface area contributed by atoms with Gasteiger partial charge in [-0.2, -0.15) is 0 Å². The second-order valence-corrected chi connectivity index (χ2v) is 0.463. The number of hydrogen-bond acceptors (Lipinski definition) is 0. The van der Waals surface area contributed by atoms with E-state index in [2.05, 4.69) is 6.58 Å². The molecule has 0 aromatic rings. The first-order valence-corrected chi connectivity index (χ1v) is 1.06. The Labute approximate surface area is 43.6 Å². The summed E-state index contributed by atoms with van der Waals surface area (Å²) in [7, 11) is 0. The predicted octanol–water partition coefficient (Wildman–Crippen LogP) is 1.37. The van der Waals surface area contributed by atoms with E-state index in [-0.39, 0.29) is 19.5 Å². The maximum absolute atomic E-state index is 4.76. The summed E-state index contributed by atoms with van der Waals surface area (Å²) in [6.45, 7) is 3.13. The van der Waals surface area contributed by atoms with Crippen LogP contribution in [-0.2, 0) is 19.5 Å². The molecule has 0 nitrogen and oxygen atoms in total. The van der Waals surface area contributed by atoms with Gasteiger partial charge in [0.05, 0.1) is 0 Å². The van der Waals surface area contributed by atoms with E-state index in [1.807, 2.05) is 0 Å². The van der Waals surface area contributed by atoms with Crippen LogP contribution in [-0.4, -0.2) is 0 Å². The average molecular weight is 128 g/mol. The molecule has 0 N–H and O–H groups in total. The molecule has 4 heavy (non-hydrogen) atoms. The number of rotatable bonds is 0. The largest absolute Gasteiger partial charge is 0.0936 e. The molecule has 0 atom stereocenters. The zero-order valence-electron chi connectivity index (χ0n) is 2.37. The summed E-state index contributed by atoms with van der Waals surface area (Å²) in [5, 5.41) is 0. The summed E-state index contributed by atoms with van der Waals surface area (Å²) >= 11 is 4.76. The van der Waals surface area contributed by atoms with Gasteiger partial charge in [-0.3, -0.25) is 0 Å². The molecule has 0 fully saturated rings. The molecule has 0 saturated carbocycles. The maximum atomic E-state index is 4.76. The van der Waals surface area contributed by atoms with Crippen molar-refractivity contribution in [1.29, 1.82) is 0 Å². The van der Waals surface area contributed by atoms with Gasteiger partial charge in [-0.25, -0.2) is 0 Å². The predicted molar refractivity (Wildman–Crippen MR) is 16.1 cm³/mol. The summed E-state index contributed by atoms with van der Waals surface area (Å²) < 4.78 is 0. The molecule has 2 heteroatoms. The van der Waals surface area contributed by atoms with E-state index in [0.717, 1.165) is 0 Å². The SMILES string of the molecule is C=CCl.[Zn]. The minimum absolute atomic E-state index is 0. The van der Waals surface area contributed by atoms with Crippen LogP contribution < -0.4 is 0 Å². The molecule has 0 aliphatic heterocycles. The summed E-state index contributed by atoms with van der Waals surface area (Å²) in [6.07, 6.45) is 0. The molecular weight excluding hydrogens is 125 g/mol. The fraction of sp³-hybridized carbons (Fsp3) is 0. The van der Waals surface area contributed by atoms with Crippen LogP contribution in [0.15, 0.2) is 12.1 Å². The second-order valence-electron chi connectivity index (χ2n) is 0.154. The zero-order valence-corrected chi connectivity index (χ0v) is 6.09. The minimum Gasteiger partial charge on any atom is -0.0936 e. The van der Waals surface area contributed by atoms with Gasteiger partial charge in [0.1, 0.15) is 0 Å². The smallest absolute Gasteiger partial charge is 0 e. The van der Waals surface area contributed by atoms with E-state index in [1.165, 1.54) is 5.54 Å². The molecule has 0 aromatic heterocycles. The Morgan fingerprint density at radius 2 is 1.75 bits per heavy atom. The van der Waals surface area contributed by atoms with E-state index in [9.17, 15) is 0 Å². The third-order valence-corrected chi connectivity index (χ3v) is 0. The van der Waals surface area contributed by atoms with Gasteiger partial charge in [0.25, 0.3) is 0 Å². The molecule has 0 heterocycles. The standard InChI is InChI=1S/C2H3Cl.Zn/c1-2-3;/h2H,1H2;. The molecule has 0 spiro atoms. The van der Waals surface area contributed by atoms with Gasteiger partial charge in [-0.15, -0.1) is 0 Å². The van der Waals surface area contributed by atoms with Crippen LogP contribution in [0.3, 0.4) is 0 Å². The van der Waals surface area contributed by atoms with Gasteiger partial charge >= 0.3 is 0 Å². The molecule has 0 unspecified atom stereocenters. The summed E-state index contributed by atoms with van der Waals surface area (Å²) in [4.78, 5) is 0. The van der Waals surface area contributed by atoms with Gasteiger partial charge < -0.3 is 0 Å². The van der Waals surface area contributed by atoms with Crippen LogP contribution in [0, 0.1) is 0 Å². The molecule has 0 amide bonds. The molecule has 0 saturated heterocycles. The first-order valence-electron chi connectivity index (χ1n) is 0.626. The minimum atomic E-state index is 0. The quantitative estimate of drug-likeness (QED) is 0.432. The number of halogens is 1. The van der Waals surface area contributed by atoms with Crippen molar-refractivity contribution in [3.8, 4) is 0 Å². The second kappa shape index (κ2) is 9.41. The van der Waals surface area contributed by atoms with Gasteiger partial charge in [0.15, 0.2) is 0 Å². The zero-order chi connectivity index (χ0) is 2.71. The van der Waals surface area contributed by atoms with Gasteiger partial charge in [-0.1, -0.05) is 18.2 Å². The van der Waals surface area contributed by atoms with Crippen LogP contribution >= 0.6 is 11.6 Å². The van der Waals surface area contributed by atoms with Crippen molar-refractivity contribution >= 4 is 11.6 Å². The van der Waals surface area contributed by atoms with Crippen molar-refractivity contribution in [2.45, 2.75) is 0 Å². The fourth-order valence-corrected chi connectivity index (χ4v) is 0. The molecule has 0 aliphatic carbocycles. The third kappa shape index (κ3) is 17.0. The van der Waals surface area contributed by atoms with Gasteiger partial charge in [0.2, 0.25) is 0 Å². The third-order valence-electron chi connectivity index (χ3n) is 0. The van der Waals surface area contributed by atoms with Crippen LogP contribution in [0.2, 0.25) is 0 Å². The Balaban J connectivity index is 0. The van der Waals surface area contributed by atoms with Crippen molar-refractivity contribution in [2.75, 3.05) is 0 Å². The maximum Gasteiger partial charge on any atom is 0 e. The average Bonchev–Trinajstić information content (AvgIpc) is 0.918. The van der Waals surface area contributed by atoms with E-state index in [0.29, 0.717) is 0 Å². The van der Waals surface area contributed by atoms with Gasteiger partial charge in [0, 0.05) is 19.5 Å². The summed E-state index contributed by atoms with van der Waals surface area (Å²) in [5.41, 5.74) is 1.22. The first kappa shape index (κ1) is 8.82. The first-order chi connectivity index (χ1) is 1.41. The Bertz CT molecular complexity index is 13.5. The topological polar surface area (TPSA) is 0 Å². The van der Waals surface area contributed by atoms with Crippen LogP contribution in [0.1, 0.15) is 0 Å². The van der Waals surface area contributed by atoms with E-state index >= 15 is 0 Å². The molecule has 0 bridgehead atoms. The molecular formula is C2H3ClZn. The summed E-state index contributed by atoms with van der Waals surface area (Å²) in [6, 6.07) is 0. The van der Waals surface area contributed by atoms with Crippen LogP contribution in [0.25, 0.3) is 0 Å². The summed E-state index contributed by atoms with van der Waals surface area (Å²) in [5.74, 6) is 0. The van der Waals surface area contributed by atoms with Crippen LogP contribution in [0.5, 0.6) is 0 Å². The molecule has 0 radical (unpaired) electrons. The number of hydrogen-bond donors (Lipinski definition) is 0. The van der Waals surface area contributed by atoms with Crippen molar-refractivity contribution < 1.29 is 19.5 Å². The Morgan fingerprint density at radius 1 is 1.75 bits per heavy atom. The van der Waals surface area contributed by atoms with E-state index < -0.39 is 0 Å². The molecule has 0 rings (SSSR count). The molecule has 0 aliphatic rings. The normalized spacial score (nSPS) is 3.25. The van der Waals surface area contributed by atoms with Crippen molar-refractivity contribution in [1.82, 2.24) is 0 Å². The van der Waals surface area contributed by atoms with E-state index in [4.69, 9.17) is 11.6 Å². The molecule has 20 valence electrons.